The molecule has 3 heterocycles. The lowest BCUT2D eigenvalue weighted by Gasteiger charge is -2.21. The Hall–Kier alpha value is -3.23. The zero-order valence-corrected chi connectivity index (χ0v) is 16.8. The van der Waals surface area contributed by atoms with Crippen LogP contribution in [-0.4, -0.2) is 32.0 Å². The molecule has 1 aromatic heterocycles. The van der Waals surface area contributed by atoms with E-state index < -0.39 is 16.1 Å². The van der Waals surface area contributed by atoms with Gasteiger partial charge in [-0.15, -0.1) is 0 Å². The van der Waals surface area contributed by atoms with Gasteiger partial charge in [-0.05, 0) is 60.0 Å². The lowest BCUT2D eigenvalue weighted by atomic mass is 10.0. The first-order chi connectivity index (χ1) is 14.4. The van der Waals surface area contributed by atoms with Crippen molar-refractivity contribution >= 4 is 21.6 Å². The van der Waals surface area contributed by atoms with E-state index in [-0.39, 0.29) is 10.8 Å². The molecular weight excluding hydrogens is 402 g/mol. The SMILES string of the molecule is NS(=O)(=O)c1ccc2c(c1)N(C(=O)C1Cc3cc(-c4ccccn4)ccc3O1)CC2. The molecule has 1 unspecified atom stereocenters. The number of benzene rings is 2. The first-order valence-corrected chi connectivity index (χ1v) is 11.1. The minimum atomic E-state index is -3.84. The number of nitrogens with two attached hydrogens (primary N) is 1. The third kappa shape index (κ3) is 3.24. The van der Waals surface area contributed by atoms with Crippen molar-refractivity contribution in [3.05, 3.63) is 71.9 Å². The van der Waals surface area contributed by atoms with Gasteiger partial charge in [-0.3, -0.25) is 9.78 Å². The standard InChI is InChI=1S/C22H19N3O4S/c23-30(27,28)17-6-4-14-8-10-25(19(14)13-17)22(26)21-12-16-11-15(5-7-20(16)29-21)18-3-1-2-9-24-18/h1-7,9,11,13,21H,8,10,12H2,(H2,23,27,28). The molecule has 0 radical (unpaired) electrons. The number of carbonyl (C=O) groups is 1. The maximum absolute atomic E-state index is 13.2. The molecule has 0 bridgehead atoms. The molecule has 0 fully saturated rings. The molecule has 5 rings (SSSR count). The molecule has 0 aliphatic carbocycles. The Balaban J connectivity index is 1.40. The molecule has 0 saturated heterocycles. The number of primary sulfonamides is 1. The molecule has 3 aromatic rings. The number of anilines is 1. The highest BCUT2D eigenvalue weighted by atomic mass is 32.2. The van der Waals surface area contributed by atoms with Gasteiger partial charge in [0.1, 0.15) is 5.75 Å². The van der Waals surface area contributed by atoms with E-state index in [2.05, 4.69) is 4.98 Å². The number of aromatic nitrogens is 1. The Morgan fingerprint density at radius 1 is 1.10 bits per heavy atom. The van der Waals surface area contributed by atoms with Gasteiger partial charge in [-0.1, -0.05) is 12.1 Å². The molecule has 0 saturated carbocycles. The van der Waals surface area contributed by atoms with Crippen LogP contribution >= 0.6 is 0 Å². The molecule has 2 aliphatic heterocycles. The van der Waals surface area contributed by atoms with Crippen molar-refractivity contribution < 1.29 is 17.9 Å². The molecule has 1 atom stereocenters. The van der Waals surface area contributed by atoms with E-state index in [1.165, 1.54) is 12.1 Å². The molecule has 2 N–H and O–H groups in total. The fraction of sp³-hybridized carbons (Fsp3) is 0.182. The number of carbonyl (C=O) groups excluding carboxylic acids is 1. The van der Waals surface area contributed by atoms with Gasteiger partial charge in [0.05, 0.1) is 10.6 Å². The number of amides is 1. The minimum absolute atomic E-state index is 0.00317. The number of nitrogens with zero attached hydrogens (tertiary/aromatic N) is 2. The Kier molecular flexibility index (Phi) is 4.34. The molecule has 30 heavy (non-hydrogen) atoms. The van der Waals surface area contributed by atoms with E-state index >= 15 is 0 Å². The summed E-state index contributed by atoms with van der Waals surface area (Å²) in [5, 5.41) is 5.25. The minimum Gasteiger partial charge on any atom is -0.480 e. The van der Waals surface area contributed by atoms with Gasteiger partial charge in [-0.25, -0.2) is 13.6 Å². The van der Waals surface area contributed by atoms with Crippen LogP contribution in [0.2, 0.25) is 0 Å². The Labute approximate surface area is 174 Å². The summed E-state index contributed by atoms with van der Waals surface area (Å²) >= 11 is 0. The first-order valence-electron chi connectivity index (χ1n) is 9.58. The second-order valence-corrected chi connectivity index (χ2v) is 8.98. The molecule has 0 spiro atoms. The van der Waals surface area contributed by atoms with Gasteiger partial charge >= 0.3 is 0 Å². The number of hydrogen-bond donors (Lipinski definition) is 1. The van der Waals surface area contributed by atoms with Crippen LogP contribution in [0.5, 0.6) is 5.75 Å². The highest BCUT2D eigenvalue weighted by molar-refractivity contribution is 7.89. The van der Waals surface area contributed by atoms with Crippen molar-refractivity contribution in [2.75, 3.05) is 11.4 Å². The molecule has 7 nitrogen and oxygen atoms in total. The summed E-state index contributed by atoms with van der Waals surface area (Å²) in [5.41, 5.74) is 4.28. The Bertz CT molecular complexity index is 1260. The van der Waals surface area contributed by atoms with Crippen molar-refractivity contribution in [3.63, 3.8) is 0 Å². The summed E-state index contributed by atoms with van der Waals surface area (Å²) in [4.78, 5) is 19.2. The van der Waals surface area contributed by atoms with E-state index in [4.69, 9.17) is 9.88 Å². The summed E-state index contributed by atoms with van der Waals surface area (Å²) in [6.07, 6.45) is 2.21. The van der Waals surface area contributed by atoms with Crippen molar-refractivity contribution in [2.45, 2.75) is 23.8 Å². The van der Waals surface area contributed by atoms with Gasteiger partial charge in [-0.2, -0.15) is 0 Å². The van der Waals surface area contributed by atoms with Gasteiger partial charge in [0.15, 0.2) is 6.10 Å². The van der Waals surface area contributed by atoms with Gasteiger partial charge in [0.25, 0.3) is 5.91 Å². The Morgan fingerprint density at radius 2 is 1.97 bits per heavy atom. The zero-order chi connectivity index (χ0) is 20.9. The fourth-order valence-electron chi connectivity index (χ4n) is 4.02. The third-order valence-corrected chi connectivity index (χ3v) is 6.43. The van der Waals surface area contributed by atoms with Crippen LogP contribution in [0.3, 0.4) is 0 Å². The number of pyridine rings is 1. The lowest BCUT2D eigenvalue weighted by Crippen LogP contribution is -2.40. The number of sulfonamides is 1. The van der Waals surface area contributed by atoms with Crippen molar-refractivity contribution in [1.29, 1.82) is 0 Å². The van der Waals surface area contributed by atoms with Crippen LogP contribution in [0.15, 0.2) is 65.7 Å². The summed E-state index contributed by atoms with van der Waals surface area (Å²) in [5.74, 6) is 0.502. The largest absolute Gasteiger partial charge is 0.480 e. The number of hydrogen-bond acceptors (Lipinski definition) is 5. The summed E-state index contributed by atoms with van der Waals surface area (Å²) in [7, 11) is -3.84. The predicted octanol–water partition coefficient (Wildman–Crippen LogP) is 2.29. The van der Waals surface area contributed by atoms with Crippen LogP contribution in [0.4, 0.5) is 5.69 Å². The normalized spacial score (nSPS) is 17.4. The highest BCUT2D eigenvalue weighted by Crippen LogP contribution is 2.36. The van der Waals surface area contributed by atoms with Gasteiger partial charge in [0.2, 0.25) is 10.0 Å². The quantitative estimate of drug-likeness (QED) is 0.699. The lowest BCUT2D eigenvalue weighted by molar-refractivity contribution is -0.124. The maximum Gasteiger partial charge on any atom is 0.268 e. The smallest absolute Gasteiger partial charge is 0.268 e. The summed E-state index contributed by atoms with van der Waals surface area (Å²) in [6.45, 7) is 0.484. The van der Waals surface area contributed by atoms with Crippen LogP contribution in [0.1, 0.15) is 11.1 Å². The molecular formula is C22H19N3O4S. The van der Waals surface area contributed by atoms with E-state index in [0.717, 1.165) is 22.4 Å². The predicted molar refractivity (Wildman–Crippen MR) is 112 cm³/mol. The number of fused-ring (bicyclic) bond motifs is 2. The number of rotatable bonds is 3. The maximum atomic E-state index is 13.2. The first kappa shape index (κ1) is 18.8. The van der Waals surface area contributed by atoms with Crippen molar-refractivity contribution in [1.82, 2.24) is 4.98 Å². The molecule has 152 valence electrons. The highest BCUT2D eigenvalue weighted by Gasteiger charge is 2.36. The monoisotopic (exact) mass is 421 g/mol. The van der Waals surface area contributed by atoms with E-state index in [1.54, 1.807) is 17.2 Å². The average Bonchev–Trinajstić information content (AvgIpc) is 3.36. The fourth-order valence-corrected chi connectivity index (χ4v) is 4.55. The molecule has 1 amide bonds. The van der Waals surface area contributed by atoms with E-state index in [1.807, 2.05) is 36.4 Å². The van der Waals surface area contributed by atoms with E-state index in [9.17, 15) is 13.2 Å². The summed E-state index contributed by atoms with van der Waals surface area (Å²) < 4.78 is 29.3. The second-order valence-electron chi connectivity index (χ2n) is 7.42. The molecule has 2 aromatic carbocycles. The summed E-state index contributed by atoms with van der Waals surface area (Å²) in [6, 6.07) is 16.2. The van der Waals surface area contributed by atoms with Crippen LogP contribution in [-0.2, 0) is 27.7 Å². The van der Waals surface area contributed by atoms with Crippen molar-refractivity contribution in [2.24, 2.45) is 5.14 Å². The van der Waals surface area contributed by atoms with Gasteiger partial charge in [0, 0.05) is 30.4 Å². The van der Waals surface area contributed by atoms with Crippen LogP contribution in [0.25, 0.3) is 11.3 Å². The molecule has 2 aliphatic rings. The second kappa shape index (κ2) is 6.93. The average molecular weight is 421 g/mol. The zero-order valence-electron chi connectivity index (χ0n) is 16.0. The third-order valence-electron chi connectivity index (χ3n) is 5.52. The number of ether oxygens (including phenoxy) is 1. The molecule has 8 heteroatoms. The van der Waals surface area contributed by atoms with E-state index in [0.29, 0.717) is 30.8 Å². The van der Waals surface area contributed by atoms with Crippen LogP contribution in [0, 0.1) is 0 Å². The van der Waals surface area contributed by atoms with Crippen LogP contribution < -0.4 is 14.8 Å². The van der Waals surface area contributed by atoms with Gasteiger partial charge < -0.3 is 9.64 Å². The topological polar surface area (TPSA) is 103 Å². The van der Waals surface area contributed by atoms with Crippen molar-refractivity contribution in [3.8, 4) is 17.0 Å². The Morgan fingerprint density at radius 3 is 2.73 bits per heavy atom.